The molecule has 0 amide bonds. The molecule has 1 unspecified atom stereocenters. The Morgan fingerprint density at radius 2 is 1.53 bits per heavy atom. The highest BCUT2D eigenvalue weighted by molar-refractivity contribution is 5.10. The lowest BCUT2D eigenvalue weighted by molar-refractivity contribution is -0.320. The van der Waals surface area contributed by atoms with Gasteiger partial charge in [-0.2, -0.15) is 0 Å². The molecule has 1 heterocycles. The predicted octanol–water partition coefficient (Wildman–Crippen LogP) is 1.58. The maximum absolute atomic E-state index is 10.5. The molecule has 13 atom stereocenters. The topological polar surface area (TPSA) is 120 Å². The lowest BCUT2D eigenvalue weighted by atomic mass is 9.45. The summed E-state index contributed by atoms with van der Waals surface area (Å²) in [5, 5.41) is 50.4. The van der Waals surface area contributed by atoms with Crippen molar-refractivity contribution in [3.05, 3.63) is 0 Å². The molecule has 0 spiro atoms. The molecule has 32 heavy (non-hydrogen) atoms. The Labute approximate surface area is 191 Å². The van der Waals surface area contributed by atoms with Gasteiger partial charge in [0.15, 0.2) is 6.29 Å². The molecule has 1 aliphatic heterocycles. The Hall–Kier alpha value is -0.280. The Balaban J connectivity index is 1.31. The van der Waals surface area contributed by atoms with Crippen molar-refractivity contribution in [3.8, 4) is 0 Å². The molecule has 5 fully saturated rings. The highest BCUT2D eigenvalue weighted by Gasteiger charge is 2.61. The van der Waals surface area contributed by atoms with E-state index in [9.17, 15) is 25.5 Å². The summed E-state index contributed by atoms with van der Waals surface area (Å²) in [6.07, 6.45) is 3.44. The summed E-state index contributed by atoms with van der Waals surface area (Å²) < 4.78 is 12.0. The Morgan fingerprint density at radius 1 is 0.812 bits per heavy atom. The van der Waals surface area contributed by atoms with E-state index in [0.717, 1.165) is 38.5 Å². The van der Waals surface area contributed by atoms with Gasteiger partial charge in [-0.25, -0.2) is 0 Å². The van der Waals surface area contributed by atoms with Crippen LogP contribution in [0, 0.1) is 34.5 Å². The molecule has 0 radical (unpaired) electrons. The van der Waals surface area contributed by atoms with Gasteiger partial charge in [0.05, 0.1) is 18.8 Å². The van der Waals surface area contributed by atoms with Crippen molar-refractivity contribution in [2.24, 2.45) is 34.5 Å². The predicted molar refractivity (Wildman–Crippen MR) is 116 cm³/mol. The summed E-state index contributed by atoms with van der Waals surface area (Å²) in [4.78, 5) is 0. The first-order valence-corrected chi connectivity index (χ1v) is 12.8. The molecule has 184 valence electrons. The molecular formula is C25H42O7. The van der Waals surface area contributed by atoms with Crippen LogP contribution >= 0.6 is 0 Å². The van der Waals surface area contributed by atoms with Crippen molar-refractivity contribution in [1.29, 1.82) is 0 Å². The van der Waals surface area contributed by atoms with E-state index in [1.807, 2.05) is 0 Å². The average molecular weight is 455 g/mol. The number of ether oxygens (including phenoxy) is 2. The van der Waals surface area contributed by atoms with Crippen LogP contribution in [0.2, 0.25) is 0 Å². The van der Waals surface area contributed by atoms with Crippen LogP contribution in [0.25, 0.3) is 0 Å². The number of fused-ring (bicyclic) bond motifs is 5. The quantitative estimate of drug-likeness (QED) is 0.439. The number of hydrogen-bond donors (Lipinski definition) is 5. The van der Waals surface area contributed by atoms with E-state index in [0.29, 0.717) is 29.1 Å². The number of hydrogen-bond acceptors (Lipinski definition) is 7. The second kappa shape index (κ2) is 8.43. The van der Waals surface area contributed by atoms with Crippen LogP contribution in [0.1, 0.15) is 71.6 Å². The second-order valence-corrected chi connectivity index (χ2v) is 12.0. The number of aliphatic hydroxyl groups excluding tert-OH is 5. The summed E-state index contributed by atoms with van der Waals surface area (Å²) in [7, 11) is 0. The zero-order valence-corrected chi connectivity index (χ0v) is 19.5. The van der Waals surface area contributed by atoms with Crippen molar-refractivity contribution < 1.29 is 35.0 Å². The van der Waals surface area contributed by atoms with Crippen molar-refractivity contribution in [3.63, 3.8) is 0 Å². The van der Waals surface area contributed by atoms with Crippen molar-refractivity contribution in [1.82, 2.24) is 0 Å². The Bertz CT molecular complexity index is 687. The van der Waals surface area contributed by atoms with E-state index in [1.54, 1.807) is 0 Å². The van der Waals surface area contributed by atoms with E-state index < -0.39 is 37.3 Å². The number of rotatable bonds is 3. The smallest absolute Gasteiger partial charge is 0.186 e. The molecule has 5 rings (SSSR count). The third kappa shape index (κ3) is 3.50. The van der Waals surface area contributed by atoms with Gasteiger partial charge in [0, 0.05) is 0 Å². The van der Waals surface area contributed by atoms with Gasteiger partial charge in [-0.05, 0) is 92.3 Å². The first-order chi connectivity index (χ1) is 15.2. The van der Waals surface area contributed by atoms with E-state index in [2.05, 4.69) is 13.8 Å². The van der Waals surface area contributed by atoms with Gasteiger partial charge in [0.25, 0.3) is 0 Å². The third-order valence-corrected chi connectivity index (χ3v) is 10.7. The molecule has 0 aromatic rings. The van der Waals surface area contributed by atoms with Gasteiger partial charge in [0.1, 0.15) is 24.4 Å². The summed E-state index contributed by atoms with van der Waals surface area (Å²) in [6, 6.07) is 0. The molecule has 4 saturated carbocycles. The summed E-state index contributed by atoms with van der Waals surface area (Å²) in [5.41, 5.74) is 0.330. The summed E-state index contributed by atoms with van der Waals surface area (Å²) >= 11 is 0. The summed E-state index contributed by atoms with van der Waals surface area (Å²) in [5.74, 6) is 2.59. The zero-order chi connectivity index (χ0) is 22.8. The van der Waals surface area contributed by atoms with Crippen molar-refractivity contribution in [2.75, 3.05) is 6.61 Å². The maximum atomic E-state index is 10.5. The Morgan fingerprint density at radius 3 is 2.28 bits per heavy atom. The fourth-order valence-electron chi connectivity index (χ4n) is 8.75. The minimum atomic E-state index is -1.40. The van der Waals surface area contributed by atoms with Crippen LogP contribution < -0.4 is 0 Å². The van der Waals surface area contributed by atoms with Gasteiger partial charge in [-0.3, -0.25) is 0 Å². The van der Waals surface area contributed by atoms with Gasteiger partial charge in [-0.15, -0.1) is 0 Å². The molecule has 0 bridgehead atoms. The zero-order valence-electron chi connectivity index (χ0n) is 19.5. The van der Waals surface area contributed by atoms with Crippen LogP contribution in [0.15, 0.2) is 0 Å². The van der Waals surface area contributed by atoms with E-state index >= 15 is 0 Å². The maximum Gasteiger partial charge on any atom is 0.186 e. The lowest BCUT2D eigenvalue weighted by Crippen LogP contribution is -2.60. The van der Waals surface area contributed by atoms with Gasteiger partial charge in [-0.1, -0.05) is 13.8 Å². The molecule has 1 saturated heterocycles. The van der Waals surface area contributed by atoms with E-state index in [4.69, 9.17) is 9.47 Å². The van der Waals surface area contributed by atoms with Crippen LogP contribution in [0.5, 0.6) is 0 Å². The highest BCUT2D eigenvalue weighted by Crippen LogP contribution is 2.66. The molecule has 5 aliphatic rings. The largest absolute Gasteiger partial charge is 0.394 e. The minimum Gasteiger partial charge on any atom is -0.394 e. The molecule has 0 aromatic carbocycles. The fraction of sp³-hybridized carbons (Fsp3) is 1.00. The van der Waals surface area contributed by atoms with Gasteiger partial charge in [0.2, 0.25) is 0 Å². The lowest BCUT2D eigenvalue weighted by Gasteiger charge is -2.61. The number of aliphatic hydroxyl groups is 5. The monoisotopic (exact) mass is 454 g/mol. The van der Waals surface area contributed by atoms with Crippen molar-refractivity contribution in [2.45, 2.75) is 115 Å². The van der Waals surface area contributed by atoms with Crippen LogP contribution in [-0.4, -0.2) is 75.1 Å². The molecule has 4 aliphatic carbocycles. The normalized spacial score (nSPS) is 58.0. The minimum absolute atomic E-state index is 0.00263. The SMILES string of the molecule is C[C@]12CC[C@H]3[C@@H](CCC4C[C@H](O)CC[C@@]43C)[C@@H]1CC[C@@H]2O[C@@H]1O[C@H](CO)[C@@H](O)[C@H](O)[C@H]1O. The highest BCUT2D eigenvalue weighted by atomic mass is 16.7. The summed E-state index contributed by atoms with van der Waals surface area (Å²) in [6.45, 7) is 4.38. The first-order valence-electron chi connectivity index (χ1n) is 12.8. The second-order valence-electron chi connectivity index (χ2n) is 12.0. The van der Waals surface area contributed by atoms with Gasteiger partial charge < -0.3 is 35.0 Å². The molecule has 0 aromatic heterocycles. The van der Waals surface area contributed by atoms with Crippen LogP contribution in [0.4, 0.5) is 0 Å². The molecule has 7 heteroatoms. The first kappa shape index (κ1) is 23.5. The average Bonchev–Trinajstić information content (AvgIpc) is 3.10. The van der Waals surface area contributed by atoms with Gasteiger partial charge >= 0.3 is 0 Å². The van der Waals surface area contributed by atoms with E-state index in [-0.39, 0.29) is 17.6 Å². The van der Waals surface area contributed by atoms with E-state index in [1.165, 1.54) is 19.3 Å². The van der Waals surface area contributed by atoms with Crippen molar-refractivity contribution >= 4 is 0 Å². The molecular weight excluding hydrogens is 412 g/mol. The molecule has 7 nitrogen and oxygen atoms in total. The fourth-order valence-corrected chi connectivity index (χ4v) is 8.75. The molecule has 5 N–H and O–H groups in total. The standard InChI is InChI=1S/C25H42O7/c1-24-9-7-14(27)11-13(24)3-4-15-16-5-6-19(25(16,2)10-8-17(15)24)32-23-22(30)21(29)20(28)18(12-26)31-23/h13-23,26-30H,3-12H2,1-2H3/t13?,14-,15+,16+,17+,18-,19+,20-,21+,22-,23+,24+,25+/m1/s1. The third-order valence-electron chi connectivity index (χ3n) is 10.7. The van der Waals surface area contributed by atoms with Crippen LogP contribution in [0.3, 0.4) is 0 Å². The Kier molecular flexibility index (Phi) is 6.18. The van der Waals surface area contributed by atoms with Crippen LogP contribution in [-0.2, 0) is 9.47 Å².